The Bertz CT molecular complexity index is 648. The van der Waals surface area contributed by atoms with Gasteiger partial charge in [-0.3, -0.25) is 0 Å². The van der Waals surface area contributed by atoms with E-state index in [4.69, 9.17) is 22.1 Å². The van der Waals surface area contributed by atoms with Gasteiger partial charge in [0.25, 0.3) is 0 Å². The van der Waals surface area contributed by atoms with Gasteiger partial charge in [-0.15, -0.1) is 0 Å². The number of nitrogens with two attached hydrogens (primary N) is 1. The second kappa shape index (κ2) is 5.91. The van der Waals surface area contributed by atoms with Crippen LogP contribution in [0.25, 0.3) is 5.65 Å². The maximum atomic E-state index is 11.6. The average Bonchev–Trinajstić information content (AvgIpc) is 2.76. The molecule has 0 bridgehead atoms. The fourth-order valence-electron chi connectivity index (χ4n) is 1.77. The van der Waals surface area contributed by atoms with Gasteiger partial charge in [0.05, 0.1) is 16.8 Å². The van der Waals surface area contributed by atoms with Crippen molar-refractivity contribution in [1.82, 2.24) is 14.7 Å². The Hall–Kier alpha value is -1.79. The first-order valence-corrected chi connectivity index (χ1v) is 6.99. The predicted molar refractivity (Wildman–Crippen MR) is 81.4 cm³/mol. The number of halogens is 1. The molecule has 2 aromatic heterocycles. The second-order valence-corrected chi connectivity index (χ2v) is 6.20. The molecule has 6 nitrogen and oxygen atoms in total. The molecule has 1 amide bonds. The number of fused-ring (bicyclic) bond motifs is 1. The number of nitrogens with zero attached hydrogens (tertiary/aromatic N) is 2. The first-order valence-electron chi connectivity index (χ1n) is 6.61. The summed E-state index contributed by atoms with van der Waals surface area (Å²) in [5, 5.41) is 3.25. The standard InChI is InChI=1S/C14H19ClN4O2/c1-14(2,3)21-13(20)17-6-10(16)11-8-19-7-9(15)4-5-12(19)18-11/h4-5,7-8,10H,6,16H2,1-3H3,(H,17,20). The van der Waals surface area contributed by atoms with E-state index >= 15 is 0 Å². The van der Waals surface area contributed by atoms with Crippen molar-refractivity contribution >= 4 is 23.3 Å². The van der Waals surface area contributed by atoms with Crippen LogP contribution in [0.3, 0.4) is 0 Å². The summed E-state index contributed by atoms with van der Waals surface area (Å²) in [4.78, 5) is 16.0. The van der Waals surface area contributed by atoms with Crippen molar-refractivity contribution in [1.29, 1.82) is 0 Å². The molecule has 2 heterocycles. The van der Waals surface area contributed by atoms with E-state index in [2.05, 4.69) is 10.3 Å². The number of nitrogens with one attached hydrogen (secondary N) is 1. The van der Waals surface area contributed by atoms with Gasteiger partial charge in [0.2, 0.25) is 0 Å². The molecule has 0 saturated heterocycles. The van der Waals surface area contributed by atoms with E-state index in [1.165, 1.54) is 0 Å². The van der Waals surface area contributed by atoms with E-state index in [0.717, 1.165) is 5.65 Å². The van der Waals surface area contributed by atoms with E-state index in [9.17, 15) is 4.79 Å². The molecule has 114 valence electrons. The monoisotopic (exact) mass is 310 g/mol. The van der Waals surface area contributed by atoms with Crippen LogP contribution in [0, 0.1) is 0 Å². The minimum absolute atomic E-state index is 0.243. The van der Waals surface area contributed by atoms with Crippen LogP contribution < -0.4 is 11.1 Å². The summed E-state index contributed by atoms with van der Waals surface area (Å²) >= 11 is 5.92. The lowest BCUT2D eigenvalue weighted by Crippen LogP contribution is -2.36. The fraction of sp³-hybridized carbons (Fsp3) is 0.429. The Balaban J connectivity index is 1.99. The smallest absolute Gasteiger partial charge is 0.407 e. The van der Waals surface area contributed by atoms with Crippen LogP contribution in [0.1, 0.15) is 32.5 Å². The fourth-order valence-corrected chi connectivity index (χ4v) is 1.94. The molecule has 7 heteroatoms. The molecule has 0 fully saturated rings. The lowest BCUT2D eigenvalue weighted by Gasteiger charge is -2.20. The molecule has 0 spiro atoms. The highest BCUT2D eigenvalue weighted by atomic mass is 35.5. The normalized spacial score (nSPS) is 13.2. The van der Waals surface area contributed by atoms with E-state index in [1.54, 1.807) is 49.7 Å². The van der Waals surface area contributed by atoms with Crippen molar-refractivity contribution in [3.05, 3.63) is 35.2 Å². The lowest BCUT2D eigenvalue weighted by atomic mass is 10.2. The largest absolute Gasteiger partial charge is 0.444 e. The molecular formula is C14H19ClN4O2. The number of pyridine rings is 1. The molecule has 0 aromatic carbocycles. The number of rotatable bonds is 3. The highest BCUT2D eigenvalue weighted by Crippen LogP contribution is 2.15. The zero-order valence-corrected chi connectivity index (χ0v) is 13.0. The summed E-state index contributed by atoms with van der Waals surface area (Å²) in [7, 11) is 0. The Labute approximate surface area is 128 Å². The Morgan fingerprint density at radius 3 is 2.86 bits per heavy atom. The molecule has 3 N–H and O–H groups in total. The van der Waals surface area contributed by atoms with Gasteiger partial charge in [0, 0.05) is 18.9 Å². The maximum absolute atomic E-state index is 11.6. The van der Waals surface area contributed by atoms with Gasteiger partial charge in [-0.05, 0) is 32.9 Å². The van der Waals surface area contributed by atoms with Crippen molar-refractivity contribution in [2.45, 2.75) is 32.4 Å². The minimum atomic E-state index is -0.534. The molecule has 2 rings (SSSR count). The molecule has 0 aliphatic heterocycles. The van der Waals surface area contributed by atoms with Crippen molar-refractivity contribution in [2.75, 3.05) is 6.54 Å². The van der Waals surface area contributed by atoms with Gasteiger partial charge in [0.1, 0.15) is 11.2 Å². The van der Waals surface area contributed by atoms with Crippen LogP contribution >= 0.6 is 11.6 Å². The zero-order chi connectivity index (χ0) is 15.6. The summed E-state index contributed by atoms with van der Waals surface area (Å²) < 4.78 is 6.95. The van der Waals surface area contributed by atoms with Gasteiger partial charge in [-0.1, -0.05) is 11.6 Å². The number of alkyl carbamates (subject to hydrolysis) is 1. The number of carbonyl (C=O) groups is 1. The molecular weight excluding hydrogens is 292 g/mol. The van der Waals surface area contributed by atoms with E-state index in [1.807, 2.05) is 0 Å². The highest BCUT2D eigenvalue weighted by Gasteiger charge is 2.17. The first-order chi connectivity index (χ1) is 9.74. The summed E-state index contributed by atoms with van der Waals surface area (Å²) in [5.41, 5.74) is 6.92. The Morgan fingerprint density at radius 1 is 1.48 bits per heavy atom. The van der Waals surface area contributed by atoms with Gasteiger partial charge in [-0.2, -0.15) is 0 Å². The average molecular weight is 311 g/mol. The van der Waals surface area contributed by atoms with Gasteiger partial charge < -0.3 is 20.2 Å². The van der Waals surface area contributed by atoms with E-state index < -0.39 is 17.7 Å². The maximum Gasteiger partial charge on any atom is 0.407 e. The molecule has 21 heavy (non-hydrogen) atoms. The number of aromatic nitrogens is 2. The van der Waals surface area contributed by atoms with Crippen molar-refractivity contribution in [3.63, 3.8) is 0 Å². The molecule has 1 atom stereocenters. The lowest BCUT2D eigenvalue weighted by molar-refractivity contribution is 0.0524. The van der Waals surface area contributed by atoms with Crippen LogP contribution in [0.4, 0.5) is 4.79 Å². The summed E-state index contributed by atoms with van der Waals surface area (Å²) in [6, 6.07) is 3.15. The SMILES string of the molecule is CC(C)(C)OC(=O)NCC(N)c1cn2cc(Cl)ccc2n1. The Morgan fingerprint density at radius 2 is 2.19 bits per heavy atom. The number of hydrogen-bond donors (Lipinski definition) is 2. The van der Waals surface area contributed by atoms with Crippen LogP contribution in [0.15, 0.2) is 24.5 Å². The molecule has 1 unspecified atom stereocenters. The van der Waals surface area contributed by atoms with Crippen LogP contribution in [0.2, 0.25) is 5.02 Å². The number of amides is 1. The topological polar surface area (TPSA) is 81.6 Å². The third-order valence-corrected chi connectivity index (χ3v) is 2.90. The van der Waals surface area contributed by atoms with Gasteiger partial charge in [-0.25, -0.2) is 9.78 Å². The molecule has 0 aliphatic rings. The summed E-state index contributed by atoms with van der Waals surface area (Å²) in [6.07, 6.45) is 3.05. The van der Waals surface area contributed by atoms with E-state index in [0.29, 0.717) is 10.7 Å². The van der Waals surface area contributed by atoms with Crippen molar-refractivity contribution in [2.24, 2.45) is 5.73 Å². The quantitative estimate of drug-likeness (QED) is 0.912. The van der Waals surface area contributed by atoms with Crippen LogP contribution in [-0.4, -0.2) is 27.6 Å². The minimum Gasteiger partial charge on any atom is -0.444 e. The first kappa shape index (κ1) is 15.6. The highest BCUT2D eigenvalue weighted by molar-refractivity contribution is 6.30. The number of imidazole rings is 1. The van der Waals surface area contributed by atoms with Crippen LogP contribution in [0.5, 0.6) is 0 Å². The molecule has 0 saturated carbocycles. The van der Waals surface area contributed by atoms with Gasteiger partial charge in [0.15, 0.2) is 0 Å². The summed E-state index contributed by atoms with van der Waals surface area (Å²) in [5.74, 6) is 0. The third-order valence-electron chi connectivity index (χ3n) is 2.68. The zero-order valence-electron chi connectivity index (χ0n) is 12.3. The second-order valence-electron chi connectivity index (χ2n) is 5.77. The number of ether oxygens (including phenoxy) is 1. The van der Waals surface area contributed by atoms with Gasteiger partial charge >= 0.3 is 6.09 Å². The predicted octanol–water partition coefficient (Wildman–Crippen LogP) is 2.51. The third kappa shape index (κ3) is 4.34. The van der Waals surface area contributed by atoms with Crippen LogP contribution in [-0.2, 0) is 4.74 Å². The summed E-state index contributed by atoms with van der Waals surface area (Å²) in [6.45, 7) is 5.65. The van der Waals surface area contributed by atoms with E-state index in [-0.39, 0.29) is 6.54 Å². The van der Waals surface area contributed by atoms with Crippen molar-refractivity contribution in [3.8, 4) is 0 Å². The molecule has 0 radical (unpaired) electrons. The number of hydrogen-bond acceptors (Lipinski definition) is 4. The molecule has 0 aliphatic carbocycles. The molecule has 2 aromatic rings. The van der Waals surface area contributed by atoms with Crippen molar-refractivity contribution < 1.29 is 9.53 Å². The Kier molecular flexibility index (Phi) is 4.39. The number of carbonyl (C=O) groups excluding carboxylic acids is 1.